The van der Waals surface area contributed by atoms with Gasteiger partial charge in [-0.3, -0.25) is 4.79 Å². The number of hydrogen-bond acceptors (Lipinski definition) is 2. The van der Waals surface area contributed by atoms with E-state index in [2.05, 4.69) is 27.7 Å². The van der Waals surface area contributed by atoms with Gasteiger partial charge >= 0.3 is 0 Å². The highest BCUT2D eigenvalue weighted by Crippen LogP contribution is 2.20. The SMILES string of the molecule is CC(C)COCC[C@H](CC(C)C)C(=O)C(C)C. The van der Waals surface area contributed by atoms with Crippen molar-refractivity contribution in [3.05, 3.63) is 0 Å². The number of carbonyl (C=O) groups is 1. The van der Waals surface area contributed by atoms with Crippen molar-refractivity contribution < 1.29 is 9.53 Å². The third kappa shape index (κ3) is 8.37. The lowest BCUT2D eigenvalue weighted by Crippen LogP contribution is -2.23. The molecule has 0 saturated carbocycles. The van der Waals surface area contributed by atoms with Crippen LogP contribution in [0.4, 0.5) is 0 Å². The molecule has 1 atom stereocenters. The minimum Gasteiger partial charge on any atom is -0.381 e. The van der Waals surface area contributed by atoms with E-state index in [4.69, 9.17) is 4.74 Å². The second-order valence-electron chi connectivity index (χ2n) is 6.14. The minimum atomic E-state index is 0.142. The van der Waals surface area contributed by atoms with Gasteiger partial charge in [0.25, 0.3) is 0 Å². The van der Waals surface area contributed by atoms with E-state index in [1.165, 1.54) is 0 Å². The Balaban J connectivity index is 4.07. The molecule has 0 aromatic carbocycles. The molecule has 2 heteroatoms. The van der Waals surface area contributed by atoms with E-state index in [9.17, 15) is 4.79 Å². The normalized spacial score (nSPS) is 13.7. The van der Waals surface area contributed by atoms with E-state index in [-0.39, 0.29) is 11.8 Å². The molecule has 0 aliphatic carbocycles. The molecule has 0 spiro atoms. The summed E-state index contributed by atoms with van der Waals surface area (Å²) >= 11 is 0. The molecule has 0 aliphatic heterocycles. The first-order valence-electron chi connectivity index (χ1n) is 6.96. The zero-order valence-electron chi connectivity index (χ0n) is 12.5. The Morgan fingerprint density at radius 2 is 1.59 bits per heavy atom. The quantitative estimate of drug-likeness (QED) is 0.572. The first-order valence-corrected chi connectivity index (χ1v) is 6.96. The van der Waals surface area contributed by atoms with Gasteiger partial charge < -0.3 is 4.74 Å². The largest absolute Gasteiger partial charge is 0.381 e. The van der Waals surface area contributed by atoms with Crippen LogP contribution in [0.25, 0.3) is 0 Å². The number of hydrogen-bond donors (Lipinski definition) is 0. The van der Waals surface area contributed by atoms with Crippen LogP contribution in [0.1, 0.15) is 54.4 Å². The molecule has 0 unspecified atom stereocenters. The molecule has 2 nitrogen and oxygen atoms in total. The van der Waals surface area contributed by atoms with Crippen molar-refractivity contribution in [1.82, 2.24) is 0 Å². The summed E-state index contributed by atoms with van der Waals surface area (Å²) < 4.78 is 5.58. The summed E-state index contributed by atoms with van der Waals surface area (Å²) in [7, 11) is 0. The van der Waals surface area contributed by atoms with Crippen molar-refractivity contribution in [2.24, 2.45) is 23.7 Å². The lowest BCUT2D eigenvalue weighted by molar-refractivity contribution is -0.127. The maximum atomic E-state index is 12.1. The number of ketones is 1. The van der Waals surface area contributed by atoms with Crippen LogP contribution in [0.2, 0.25) is 0 Å². The van der Waals surface area contributed by atoms with Crippen molar-refractivity contribution in [2.75, 3.05) is 13.2 Å². The van der Waals surface area contributed by atoms with Gasteiger partial charge in [0.05, 0.1) is 0 Å². The zero-order valence-corrected chi connectivity index (χ0v) is 12.5. The Hall–Kier alpha value is -0.370. The van der Waals surface area contributed by atoms with Gasteiger partial charge in [-0.15, -0.1) is 0 Å². The van der Waals surface area contributed by atoms with Crippen LogP contribution in [-0.4, -0.2) is 19.0 Å². The maximum Gasteiger partial charge on any atom is 0.138 e. The molecule has 0 saturated heterocycles. The lowest BCUT2D eigenvalue weighted by atomic mass is 9.86. The summed E-state index contributed by atoms with van der Waals surface area (Å²) in [4.78, 5) is 12.1. The summed E-state index contributed by atoms with van der Waals surface area (Å²) in [6.45, 7) is 14.1. The van der Waals surface area contributed by atoms with Gasteiger partial charge in [0, 0.05) is 25.0 Å². The standard InChI is InChI=1S/C15H30O2/c1-11(2)9-14(15(16)13(5)6)7-8-17-10-12(3)4/h11-14H,7-10H2,1-6H3/t14-/m1/s1. The van der Waals surface area contributed by atoms with Crippen molar-refractivity contribution in [3.63, 3.8) is 0 Å². The summed E-state index contributed by atoms with van der Waals surface area (Å²) in [5.74, 6) is 1.87. The lowest BCUT2D eigenvalue weighted by Gasteiger charge is -2.20. The van der Waals surface area contributed by atoms with Gasteiger partial charge in [0.1, 0.15) is 5.78 Å². The smallest absolute Gasteiger partial charge is 0.138 e. The topological polar surface area (TPSA) is 26.3 Å². The maximum absolute atomic E-state index is 12.1. The van der Waals surface area contributed by atoms with Crippen LogP contribution < -0.4 is 0 Å². The molecule has 102 valence electrons. The van der Waals surface area contributed by atoms with Crippen molar-refractivity contribution in [1.29, 1.82) is 0 Å². The third-order valence-corrected chi connectivity index (χ3v) is 2.79. The molecule has 0 bridgehead atoms. The zero-order chi connectivity index (χ0) is 13.4. The van der Waals surface area contributed by atoms with Gasteiger partial charge in [-0.1, -0.05) is 41.5 Å². The molecule has 0 N–H and O–H groups in total. The number of carbonyl (C=O) groups excluding carboxylic acids is 1. The summed E-state index contributed by atoms with van der Waals surface area (Å²) in [5.41, 5.74) is 0. The predicted molar refractivity (Wildman–Crippen MR) is 73.1 cm³/mol. The van der Waals surface area contributed by atoms with Crippen molar-refractivity contribution in [2.45, 2.75) is 54.4 Å². The van der Waals surface area contributed by atoms with E-state index in [0.29, 0.717) is 24.2 Å². The van der Waals surface area contributed by atoms with Crippen LogP contribution in [0, 0.1) is 23.7 Å². The monoisotopic (exact) mass is 242 g/mol. The second kappa shape index (κ2) is 8.68. The summed E-state index contributed by atoms with van der Waals surface area (Å²) in [6, 6.07) is 0. The third-order valence-electron chi connectivity index (χ3n) is 2.79. The van der Waals surface area contributed by atoms with Crippen LogP contribution in [0.3, 0.4) is 0 Å². The average Bonchev–Trinajstić information content (AvgIpc) is 2.20. The van der Waals surface area contributed by atoms with Gasteiger partial charge in [-0.05, 0) is 24.7 Å². The molecule has 0 aromatic rings. The first kappa shape index (κ1) is 16.6. The van der Waals surface area contributed by atoms with Gasteiger partial charge in [0.15, 0.2) is 0 Å². The highest BCUT2D eigenvalue weighted by molar-refractivity contribution is 5.82. The molecule has 0 heterocycles. The van der Waals surface area contributed by atoms with Gasteiger partial charge in [-0.25, -0.2) is 0 Å². The Morgan fingerprint density at radius 3 is 2.00 bits per heavy atom. The fraction of sp³-hybridized carbons (Fsp3) is 0.933. The van der Waals surface area contributed by atoms with E-state index in [1.54, 1.807) is 0 Å². The average molecular weight is 242 g/mol. The number of rotatable bonds is 9. The van der Waals surface area contributed by atoms with Crippen LogP contribution in [-0.2, 0) is 9.53 Å². The molecule has 17 heavy (non-hydrogen) atoms. The Bertz CT molecular complexity index is 207. The number of Topliss-reactive ketones (excluding diaryl/α,β-unsaturated/α-hetero) is 1. The Labute approximate surface area is 107 Å². The van der Waals surface area contributed by atoms with Gasteiger partial charge in [0.2, 0.25) is 0 Å². The van der Waals surface area contributed by atoms with Crippen LogP contribution in [0.5, 0.6) is 0 Å². The van der Waals surface area contributed by atoms with Gasteiger partial charge in [-0.2, -0.15) is 0 Å². The van der Waals surface area contributed by atoms with Crippen molar-refractivity contribution in [3.8, 4) is 0 Å². The fourth-order valence-corrected chi connectivity index (χ4v) is 1.96. The highest BCUT2D eigenvalue weighted by atomic mass is 16.5. The number of ether oxygens (including phenoxy) is 1. The molecule has 0 aliphatic rings. The fourth-order valence-electron chi connectivity index (χ4n) is 1.96. The van der Waals surface area contributed by atoms with E-state index in [0.717, 1.165) is 19.4 Å². The van der Waals surface area contributed by atoms with E-state index in [1.807, 2.05) is 13.8 Å². The van der Waals surface area contributed by atoms with Crippen LogP contribution in [0.15, 0.2) is 0 Å². The van der Waals surface area contributed by atoms with Crippen LogP contribution >= 0.6 is 0 Å². The molecular weight excluding hydrogens is 212 g/mol. The molecule has 0 radical (unpaired) electrons. The highest BCUT2D eigenvalue weighted by Gasteiger charge is 2.21. The van der Waals surface area contributed by atoms with E-state index >= 15 is 0 Å². The summed E-state index contributed by atoms with van der Waals surface area (Å²) in [5, 5.41) is 0. The molecule has 0 rings (SSSR count). The second-order valence-corrected chi connectivity index (χ2v) is 6.14. The van der Waals surface area contributed by atoms with E-state index < -0.39 is 0 Å². The molecule has 0 fully saturated rings. The summed E-state index contributed by atoms with van der Waals surface area (Å²) in [6.07, 6.45) is 1.87. The molecule has 0 amide bonds. The Morgan fingerprint density at radius 1 is 1.00 bits per heavy atom. The predicted octanol–water partition coefficient (Wildman–Crippen LogP) is 3.94. The van der Waals surface area contributed by atoms with Crippen molar-refractivity contribution >= 4 is 5.78 Å². The first-order chi connectivity index (χ1) is 7.84. The molecular formula is C15H30O2. The Kier molecular flexibility index (Phi) is 8.49. The molecule has 0 aromatic heterocycles. The minimum absolute atomic E-state index is 0.142.